The van der Waals surface area contributed by atoms with Gasteiger partial charge in [0.05, 0.1) is 33.4 Å². The Morgan fingerprint density at radius 1 is 0.947 bits per heavy atom. The summed E-state index contributed by atoms with van der Waals surface area (Å²) in [5.41, 5.74) is -0.472. The molecule has 1 saturated heterocycles. The highest BCUT2D eigenvalue weighted by atomic mass is 35.5. The summed E-state index contributed by atoms with van der Waals surface area (Å²) in [6.07, 6.45) is 0. The van der Waals surface area contributed by atoms with Gasteiger partial charge in [-0.25, -0.2) is 9.40 Å². The lowest BCUT2D eigenvalue weighted by atomic mass is 9.84. The minimum Gasteiger partial charge on any atom is -0.272 e. The Hall–Kier alpha value is -2.14. The number of nitro groups is 1. The predicted molar refractivity (Wildman–Crippen MR) is 139 cm³/mol. The molecule has 5 rings (SSSR count). The fraction of sp³-hybridized carbons (Fsp3) is 0.261. The molecule has 0 radical (unpaired) electrons. The molecule has 2 bridgehead atoms. The molecule has 0 spiro atoms. The van der Waals surface area contributed by atoms with Gasteiger partial charge in [0.25, 0.3) is 23.4 Å². The Kier molecular flexibility index (Phi) is 6.45. The second-order valence-corrected chi connectivity index (χ2v) is 12.1. The van der Waals surface area contributed by atoms with Crippen LogP contribution in [0.3, 0.4) is 0 Å². The standard InChI is InChI=1S/C23H12Cl6FN3O5/c24-16-17(25)22(27)15-14(21(16,26)23(22,28)29)19(35)32(20(15)36)31(9-11-3-1-2-4-13(11)30)18(34)10-5-7-12(8-6-10)33(37)38/h1-8,14-15H,9H2/t14-,15-,21-,22-/m1/s1. The van der Waals surface area contributed by atoms with Gasteiger partial charge in [0.1, 0.15) is 15.6 Å². The summed E-state index contributed by atoms with van der Waals surface area (Å²) in [5.74, 6) is -6.74. The first kappa shape index (κ1) is 27.4. The van der Waals surface area contributed by atoms with Crippen LogP contribution >= 0.6 is 69.6 Å². The minimum absolute atomic E-state index is 0.0391. The van der Waals surface area contributed by atoms with Crippen LogP contribution in [0.2, 0.25) is 0 Å². The van der Waals surface area contributed by atoms with Crippen LogP contribution in [-0.4, -0.2) is 46.7 Å². The van der Waals surface area contributed by atoms with Gasteiger partial charge in [-0.3, -0.25) is 24.5 Å². The second kappa shape index (κ2) is 8.94. The maximum absolute atomic E-state index is 14.6. The number of allylic oxidation sites excluding steroid dienone is 2. The number of benzene rings is 2. The largest absolute Gasteiger partial charge is 0.273 e. The number of carbonyl (C=O) groups is 3. The minimum atomic E-state index is -2.18. The quantitative estimate of drug-likeness (QED) is 0.179. The van der Waals surface area contributed by atoms with E-state index < -0.39 is 60.9 Å². The summed E-state index contributed by atoms with van der Waals surface area (Å²) in [5, 5.41) is 11.6. The van der Waals surface area contributed by atoms with Gasteiger partial charge in [-0.15, -0.1) is 23.2 Å². The lowest BCUT2D eigenvalue weighted by Gasteiger charge is -2.37. The average molecular weight is 642 g/mol. The van der Waals surface area contributed by atoms with Crippen molar-refractivity contribution in [1.29, 1.82) is 0 Å². The van der Waals surface area contributed by atoms with Crippen LogP contribution in [-0.2, 0) is 16.1 Å². The van der Waals surface area contributed by atoms with Crippen LogP contribution in [0.1, 0.15) is 15.9 Å². The van der Waals surface area contributed by atoms with E-state index in [9.17, 15) is 28.9 Å². The molecule has 3 amide bonds. The van der Waals surface area contributed by atoms with Crippen LogP contribution in [0.25, 0.3) is 0 Å². The summed E-state index contributed by atoms with van der Waals surface area (Å²) in [6, 6.07) is 9.80. The molecular formula is C23H12Cl6FN3O5. The molecular weight excluding hydrogens is 630 g/mol. The third kappa shape index (κ3) is 3.33. The van der Waals surface area contributed by atoms with Crippen LogP contribution in [0.5, 0.6) is 0 Å². The summed E-state index contributed by atoms with van der Waals surface area (Å²) < 4.78 is 12.4. The van der Waals surface area contributed by atoms with Gasteiger partial charge in [0.15, 0.2) is 4.33 Å². The van der Waals surface area contributed by atoms with Crippen LogP contribution in [0, 0.1) is 27.8 Å². The Balaban J connectivity index is 1.61. The first-order valence-corrected chi connectivity index (χ1v) is 13.0. The van der Waals surface area contributed by atoms with E-state index in [4.69, 9.17) is 69.6 Å². The molecule has 2 aromatic carbocycles. The third-order valence-electron chi connectivity index (χ3n) is 6.96. The fourth-order valence-electron chi connectivity index (χ4n) is 5.11. The highest BCUT2D eigenvalue weighted by molar-refractivity contribution is 6.66. The van der Waals surface area contributed by atoms with Gasteiger partial charge < -0.3 is 0 Å². The Morgan fingerprint density at radius 2 is 1.45 bits per heavy atom. The molecule has 0 aromatic heterocycles. The number of hydrazine groups is 1. The van der Waals surface area contributed by atoms with E-state index in [0.717, 1.165) is 30.3 Å². The van der Waals surface area contributed by atoms with Crippen molar-refractivity contribution in [3.8, 4) is 0 Å². The average Bonchev–Trinajstić information content (AvgIpc) is 3.26. The van der Waals surface area contributed by atoms with Gasteiger partial charge in [-0.1, -0.05) is 64.6 Å². The normalized spacial score (nSPS) is 29.2. The van der Waals surface area contributed by atoms with E-state index >= 15 is 0 Å². The number of alkyl halides is 4. The Bertz CT molecular complexity index is 1420. The van der Waals surface area contributed by atoms with Gasteiger partial charge in [0, 0.05) is 23.3 Å². The first-order valence-electron chi connectivity index (χ1n) is 10.7. The van der Waals surface area contributed by atoms with Gasteiger partial charge in [-0.2, -0.15) is 5.01 Å². The molecule has 0 unspecified atom stereocenters. The highest BCUT2D eigenvalue weighted by Crippen LogP contribution is 2.77. The summed E-state index contributed by atoms with van der Waals surface area (Å²) in [6.45, 7) is -0.578. The number of hydrogen-bond donors (Lipinski definition) is 0. The monoisotopic (exact) mass is 639 g/mol. The number of hydrogen-bond acceptors (Lipinski definition) is 5. The van der Waals surface area contributed by atoms with Crippen LogP contribution < -0.4 is 0 Å². The van der Waals surface area contributed by atoms with Crippen LogP contribution in [0.15, 0.2) is 58.6 Å². The molecule has 1 heterocycles. The molecule has 2 aromatic rings. The second-order valence-electron chi connectivity index (χ2n) is 8.83. The zero-order valence-electron chi connectivity index (χ0n) is 18.5. The number of nitrogens with zero attached hydrogens (tertiary/aromatic N) is 3. The van der Waals surface area contributed by atoms with E-state index in [-0.39, 0.29) is 26.9 Å². The molecule has 15 heteroatoms. The van der Waals surface area contributed by atoms with E-state index in [0.29, 0.717) is 10.0 Å². The van der Waals surface area contributed by atoms with Gasteiger partial charge in [-0.05, 0) is 18.2 Å². The molecule has 38 heavy (non-hydrogen) atoms. The van der Waals surface area contributed by atoms with Gasteiger partial charge in [0.2, 0.25) is 0 Å². The Morgan fingerprint density at radius 3 is 1.92 bits per heavy atom. The summed E-state index contributed by atoms with van der Waals surface area (Å²) in [4.78, 5) is 47.4. The van der Waals surface area contributed by atoms with Crippen molar-refractivity contribution >= 4 is 93.0 Å². The molecule has 3 aliphatic rings. The lowest BCUT2D eigenvalue weighted by molar-refractivity contribution is -0.384. The van der Waals surface area contributed by atoms with Crippen molar-refractivity contribution in [1.82, 2.24) is 10.0 Å². The van der Waals surface area contributed by atoms with Crippen molar-refractivity contribution in [3.05, 3.63) is 85.7 Å². The molecule has 2 fully saturated rings. The van der Waals surface area contributed by atoms with Crippen molar-refractivity contribution in [2.24, 2.45) is 11.8 Å². The summed E-state index contributed by atoms with van der Waals surface area (Å²) in [7, 11) is 0. The topological polar surface area (TPSA) is 101 Å². The number of halogens is 7. The summed E-state index contributed by atoms with van der Waals surface area (Å²) >= 11 is 39.1. The lowest BCUT2D eigenvalue weighted by Crippen LogP contribution is -2.55. The number of rotatable bonds is 5. The fourth-order valence-corrected chi connectivity index (χ4v) is 8.04. The Labute approximate surface area is 243 Å². The maximum atomic E-state index is 14.6. The highest BCUT2D eigenvalue weighted by Gasteiger charge is 2.88. The first-order chi connectivity index (χ1) is 17.7. The van der Waals surface area contributed by atoms with E-state index in [2.05, 4.69) is 0 Å². The van der Waals surface area contributed by atoms with Crippen molar-refractivity contribution in [2.45, 2.75) is 20.6 Å². The van der Waals surface area contributed by atoms with Crippen LogP contribution in [0.4, 0.5) is 10.1 Å². The maximum Gasteiger partial charge on any atom is 0.273 e. The number of fused-ring (bicyclic) bond motifs is 5. The molecule has 2 aliphatic carbocycles. The number of carbonyl (C=O) groups excluding carboxylic acids is 3. The van der Waals surface area contributed by atoms with Crippen molar-refractivity contribution in [2.75, 3.05) is 0 Å². The number of imide groups is 1. The van der Waals surface area contributed by atoms with Gasteiger partial charge >= 0.3 is 0 Å². The predicted octanol–water partition coefficient (Wildman–Crippen LogP) is 5.74. The molecule has 1 aliphatic heterocycles. The molecule has 4 atom stereocenters. The van der Waals surface area contributed by atoms with Crippen molar-refractivity contribution < 1.29 is 23.7 Å². The molecule has 0 N–H and O–H groups in total. The third-order valence-corrected chi connectivity index (χ3v) is 11.2. The SMILES string of the molecule is O=C(c1ccc([N+](=O)[O-])cc1)N(Cc1ccccc1F)N1C(=O)[C@H]2[C@H](C1=O)[C@@]1(Cl)C(Cl)=C(Cl)[C@@]2(Cl)C1(Cl)Cl. The molecule has 198 valence electrons. The van der Waals surface area contributed by atoms with E-state index in [1.54, 1.807) is 0 Å². The number of amides is 3. The van der Waals surface area contributed by atoms with Crippen molar-refractivity contribution in [3.63, 3.8) is 0 Å². The zero-order valence-corrected chi connectivity index (χ0v) is 23.0. The molecule has 8 nitrogen and oxygen atoms in total. The zero-order chi connectivity index (χ0) is 27.9. The number of non-ortho nitro benzene ring substituents is 1. The number of nitro benzene ring substituents is 1. The smallest absolute Gasteiger partial charge is 0.272 e. The van der Waals surface area contributed by atoms with E-state index in [1.165, 1.54) is 18.2 Å². The van der Waals surface area contributed by atoms with E-state index in [1.807, 2.05) is 0 Å². The molecule has 1 saturated carbocycles.